The van der Waals surface area contributed by atoms with E-state index in [2.05, 4.69) is 13.8 Å². The zero-order valence-corrected chi connectivity index (χ0v) is 11.9. The second-order valence-corrected chi connectivity index (χ2v) is 5.96. The Kier molecular flexibility index (Phi) is 4.62. The third-order valence-electron chi connectivity index (χ3n) is 4.64. The summed E-state index contributed by atoms with van der Waals surface area (Å²) in [6, 6.07) is 7.48. The summed E-state index contributed by atoms with van der Waals surface area (Å²) in [6.07, 6.45) is 6.46. The molecule has 0 heterocycles. The highest BCUT2D eigenvalue weighted by atomic mass is 16.4. The van der Waals surface area contributed by atoms with Gasteiger partial charge >= 0.3 is 5.97 Å². The Balaban J connectivity index is 2.01. The molecule has 0 radical (unpaired) electrons. The fraction of sp³-hybridized carbons (Fsp3) is 0.588. The van der Waals surface area contributed by atoms with E-state index in [4.69, 9.17) is 5.11 Å². The molecule has 19 heavy (non-hydrogen) atoms. The van der Waals surface area contributed by atoms with Gasteiger partial charge in [-0.25, -0.2) is 4.79 Å². The van der Waals surface area contributed by atoms with Gasteiger partial charge in [0, 0.05) is 0 Å². The summed E-state index contributed by atoms with van der Waals surface area (Å²) in [7, 11) is 0. The van der Waals surface area contributed by atoms with E-state index in [-0.39, 0.29) is 0 Å². The van der Waals surface area contributed by atoms with E-state index in [1.54, 1.807) is 12.1 Å². The number of carboxylic acid groups (broad SMARTS) is 1. The highest BCUT2D eigenvalue weighted by Crippen LogP contribution is 2.41. The largest absolute Gasteiger partial charge is 0.478 e. The van der Waals surface area contributed by atoms with Crippen molar-refractivity contribution >= 4 is 5.97 Å². The molecule has 1 N–H and O–H groups in total. The maximum Gasteiger partial charge on any atom is 0.335 e. The molecule has 1 aliphatic rings. The van der Waals surface area contributed by atoms with Crippen molar-refractivity contribution in [1.82, 2.24) is 0 Å². The van der Waals surface area contributed by atoms with Gasteiger partial charge < -0.3 is 5.11 Å². The van der Waals surface area contributed by atoms with E-state index >= 15 is 0 Å². The maximum atomic E-state index is 10.9. The van der Waals surface area contributed by atoms with Gasteiger partial charge in [0.25, 0.3) is 0 Å². The van der Waals surface area contributed by atoms with Crippen LogP contribution < -0.4 is 0 Å². The van der Waals surface area contributed by atoms with E-state index < -0.39 is 5.97 Å². The lowest BCUT2D eigenvalue weighted by molar-refractivity contribution is 0.0697. The zero-order valence-electron chi connectivity index (χ0n) is 11.9. The van der Waals surface area contributed by atoms with Crippen molar-refractivity contribution in [3.05, 3.63) is 35.4 Å². The predicted octanol–water partition coefficient (Wildman–Crippen LogP) is 4.70. The Bertz CT molecular complexity index is 421. The van der Waals surface area contributed by atoms with Crippen molar-refractivity contribution in [2.24, 2.45) is 11.8 Å². The molecular weight excluding hydrogens is 236 g/mol. The third kappa shape index (κ3) is 3.37. The quantitative estimate of drug-likeness (QED) is 0.851. The van der Waals surface area contributed by atoms with E-state index in [0.29, 0.717) is 11.5 Å². The molecule has 0 unspecified atom stereocenters. The second kappa shape index (κ2) is 6.23. The number of rotatable bonds is 4. The van der Waals surface area contributed by atoms with Crippen LogP contribution in [-0.2, 0) is 0 Å². The van der Waals surface area contributed by atoms with Crippen molar-refractivity contribution < 1.29 is 9.90 Å². The Hall–Kier alpha value is -1.31. The van der Waals surface area contributed by atoms with Gasteiger partial charge in [0.15, 0.2) is 0 Å². The van der Waals surface area contributed by atoms with Crippen LogP contribution in [-0.4, -0.2) is 11.1 Å². The summed E-state index contributed by atoms with van der Waals surface area (Å²) in [5.41, 5.74) is 1.70. The first-order valence-corrected chi connectivity index (χ1v) is 7.45. The normalized spacial score (nSPS) is 27.2. The molecule has 1 aromatic rings. The molecular formula is C17H24O2. The molecule has 0 saturated heterocycles. The van der Waals surface area contributed by atoms with Crippen LogP contribution >= 0.6 is 0 Å². The lowest BCUT2D eigenvalue weighted by Gasteiger charge is -2.34. The highest BCUT2D eigenvalue weighted by Gasteiger charge is 2.27. The highest BCUT2D eigenvalue weighted by molar-refractivity contribution is 5.87. The number of hydrogen-bond acceptors (Lipinski definition) is 1. The molecule has 1 saturated carbocycles. The van der Waals surface area contributed by atoms with Crippen molar-refractivity contribution in [3.8, 4) is 0 Å². The number of aromatic carboxylic acids is 1. The molecule has 3 atom stereocenters. The Labute approximate surface area is 115 Å². The molecule has 0 amide bonds. The number of hydrogen-bond donors (Lipinski definition) is 1. The smallest absolute Gasteiger partial charge is 0.335 e. The average molecular weight is 260 g/mol. The number of benzene rings is 1. The summed E-state index contributed by atoms with van der Waals surface area (Å²) >= 11 is 0. The SMILES string of the molecule is CCC[C@@H]1CC[C@H](c2ccc(C(=O)O)cc2)C[C@@H]1C. The van der Waals surface area contributed by atoms with E-state index in [9.17, 15) is 4.79 Å². The van der Waals surface area contributed by atoms with Crippen LogP contribution in [0.5, 0.6) is 0 Å². The monoisotopic (exact) mass is 260 g/mol. The molecule has 0 bridgehead atoms. The van der Waals surface area contributed by atoms with Crippen LogP contribution in [0.15, 0.2) is 24.3 Å². The van der Waals surface area contributed by atoms with Crippen LogP contribution in [0.4, 0.5) is 0 Å². The molecule has 2 heteroatoms. The van der Waals surface area contributed by atoms with Crippen LogP contribution in [0.3, 0.4) is 0 Å². The van der Waals surface area contributed by atoms with E-state index in [0.717, 1.165) is 11.8 Å². The fourth-order valence-corrected chi connectivity index (χ4v) is 3.46. The Morgan fingerprint density at radius 3 is 2.47 bits per heavy atom. The summed E-state index contributed by atoms with van der Waals surface area (Å²) in [5, 5.41) is 8.92. The minimum atomic E-state index is -0.841. The van der Waals surface area contributed by atoms with Gasteiger partial charge in [-0.05, 0) is 54.7 Å². The second-order valence-electron chi connectivity index (χ2n) is 5.96. The lowest BCUT2D eigenvalue weighted by Crippen LogP contribution is -2.21. The molecule has 0 aromatic heterocycles. The van der Waals surface area contributed by atoms with E-state index in [1.165, 1.54) is 37.7 Å². The molecule has 2 rings (SSSR count). The first kappa shape index (κ1) is 14.1. The summed E-state index contributed by atoms with van der Waals surface area (Å²) < 4.78 is 0. The van der Waals surface area contributed by atoms with Crippen molar-refractivity contribution in [1.29, 1.82) is 0 Å². The molecule has 1 fully saturated rings. The van der Waals surface area contributed by atoms with Gasteiger partial charge in [-0.2, -0.15) is 0 Å². The third-order valence-corrected chi connectivity index (χ3v) is 4.64. The number of carbonyl (C=O) groups is 1. The molecule has 1 aromatic carbocycles. The summed E-state index contributed by atoms with van der Waals surface area (Å²) in [4.78, 5) is 10.9. The number of carboxylic acids is 1. The minimum Gasteiger partial charge on any atom is -0.478 e. The molecule has 0 aliphatic heterocycles. The molecule has 0 spiro atoms. The van der Waals surface area contributed by atoms with Crippen LogP contribution in [0.1, 0.15) is 67.8 Å². The van der Waals surface area contributed by atoms with Gasteiger partial charge in [0.2, 0.25) is 0 Å². The van der Waals surface area contributed by atoms with Crippen LogP contribution in [0.2, 0.25) is 0 Å². The summed E-state index contributed by atoms with van der Waals surface area (Å²) in [6.45, 7) is 4.64. The van der Waals surface area contributed by atoms with Gasteiger partial charge in [0.1, 0.15) is 0 Å². The standard InChI is InChI=1S/C17H24O2/c1-3-4-13-5-10-16(11-12(13)2)14-6-8-15(9-7-14)17(18)19/h6-9,12-13,16H,3-5,10-11H2,1-2H3,(H,18,19)/t12-,13+,16-/m0/s1. The van der Waals surface area contributed by atoms with E-state index in [1.807, 2.05) is 12.1 Å². The predicted molar refractivity (Wildman–Crippen MR) is 77.6 cm³/mol. The first-order valence-electron chi connectivity index (χ1n) is 7.45. The minimum absolute atomic E-state index is 0.386. The lowest BCUT2D eigenvalue weighted by atomic mass is 9.71. The molecule has 2 nitrogen and oxygen atoms in total. The van der Waals surface area contributed by atoms with Gasteiger partial charge in [0.05, 0.1) is 5.56 Å². The van der Waals surface area contributed by atoms with Crippen molar-refractivity contribution in [2.45, 2.75) is 51.9 Å². The van der Waals surface area contributed by atoms with Crippen molar-refractivity contribution in [2.75, 3.05) is 0 Å². The van der Waals surface area contributed by atoms with Crippen molar-refractivity contribution in [3.63, 3.8) is 0 Å². The Morgan fingerprint density at radius 1 is 1.26 bits per heavy atom. The van der Waals surface area contributed by atoms with Crippen LogP contribution in [0, 0.1) is 11.8 Å². The first-order chi connectivity index (χ1) is 9.11. The molecule has 104 valence electrons. The summed E-state index contributed by atoms with van der Waals surface area (Å²) in [5.74, 6) is 1.45. The fourth-order valence-electron chi connectivity index (χ4n) is 3.46. The maximum absolute atomic E-state index is 10.9. The van der Waals surface area contributed by atoms with Gasteiger partial charge in [-0.15, -0.1) is 0 Å². The van der Waals surface area contributed by atoms with Gasteiger partial charge in [-0.3, -0.25) is 0 Å². The van der Waals surface area contributed by atoms with Gasteiger partial charge in [-0.1, -0.05) is 38.8 Å². The topological polar surface area (TPSA) is 37.3 Å². The van der Waals surface area contributed by atoms with Crippen LogP contribution in [0.25, 0.3) is 0 Å². The molecule has 1 aliphatic carbocycles. The average Bonchev–Trinajstić information content (AvgIpc) is 2.41. The Morgan fingerprint density at radius 2 is 1.95 bits per heavy atom. The zero-order chi connectivity index (χ0) is 13.8.